The molecule has 0 saturated carbocycles. The number of nitrogens with zero attached hydrogens (tertiary/aromatic N) is 1. The Balaban J connectivity index is 1.27. The van der Waals surface area contributed by atoms with Crippen LogP contribution >= 0.6 is 15.8 Å². The van der Waals surface area contributed by atoms with Gasteiger partial charge >= 0.3 is 6.03 Å². The lowest BCUT2D eigenvalue weighted by molar-refractivity contribution is 0.197. The van der Waals surface area contributed by atoms with Crippen LogP contribution in [0, 0.1) is 0 Å². The van der Waals surface area contributed by atoms with E-state index in [1.165, 1.54) is 52.6 Å². The van der Waals surface area contributed by atoms with E-state index in [2.05, 4.69) is 165 Å². The molecule has 2 amide bonds. The van der Waals surface area contributed by atoms with Crippen molar-refractivity contribution in [3.05, 3.63) is 121 Å². The van der Waals surface area contributed by atoms with E-state index in [0.29, 0.717) is 11.8 Å². The Hall–Kier alpha value is -2.60. The first-order chi connectivity index (χ1) is 25.2. The van der Waals surface area contributed by atoms with Gasteiger partial charge in [0.25, 0.3) is 0 Å². The largest absolute Gasteiger partial charge is 0.415 e. The smallest absolute Gasteiger partial charge is 0.317 e. The van der Waals surface area contributed by atoms with Gasteiger partial charge in [-0.2, -0.15) is 0 Å². The van der Waals surface area contributed by atoms with Crippen LogP contribution in [-0.2, 0) is 4.43 Å². The van der Waals surface area contributed by atoms with Gasteiger partial charge < -0.3 is 14.6 Å². The number of carbonyl (C=O) groups is 1. The van der Waals surface area contributed by atoms with Crippen molar-refractivity contribution in [2.24, 2.45) is 0 Å². The number of hydrogen-bond donors (Lipinski definition) is 1. The number of benzene rings is 4. The predicted molar refractivity (Wildman–Crippen MR) is 235 cm³/mol. The Kier molecular flexibility index (Phi) is 16.2. The summed E-state index contributed by atoms with van der Waals surface area (Å²) in [5.41, 5.74) is 1.30. The van der Waals surface area contributed by atoms with Crippen molar-refractivity contribution < 1.29 is 9.22 Å². The van der Waals surface area contributed by atoms with Gasteiger partial charge in [0, 0.05) is 40.4 Å². The van der Waals surface area contributed by atoms with Gasteiger partial charge in [-0.3, -0.25) is 0 Å². The van der Waals surface area contributed by atoms with Gasteiger partial charge in [0.15, 0.2) is 8.32 Å². The molecule has 0 radical (unpaired) electrons. The lowest BCUT2D eigenvalue weighted by Gasteiger charge is -2.29. The molecule has 0 aromatic heterocycles. The summed E-state index contributed by atoms with van der Waals surface area (Å²) in [7, 11) is -2.97. The summed E-state index contributed by atoms with van der Waals surface area (Å²) < 4.78 is 6.28. The molecule has 1 aliphatic rings. The van der Waals surface area contributed by atoms with E-state index in [1.807, 2.05) is 0 Å². The first kappa shape index (κ1) is 40.6. The van der Waals surface area contributed by atoms with Crippen LogP contribution in [-0.4, -0.2) is 65.8 Å². The van der Waals surface area contributed by atoms with Crippen molar-refractivity contribution in [1.29, 1.82) is 0 Å². The molecule has 5 rings (SSSR count). The lowest BCUT2D eigenvalue weighted by atomic mass is 10.2. The average Bonchev–Trinajstić information content (AvgIpc) is 3.57. The van der Waals surface area contributed by atoms with Gasteiger partial charge in [0.05, 0.1) is 0 Å². The monoisotopic (exact) mass is 768 g/mol. The van der Waals surface area contributed by atoms with Gasteiger partial charge in [-0.15, -0.1) is 0 Å². The van der Waals surface area contributed by atoms with Crippen LogP contribution in [0.15, 0.2) is 121 Å². The second-order valence-corrected chi connectivity index (χ2v) is 26.8. The van der Waals surface area contributed by atoms with Crippen LogP contribution in [0.1, 0.15) is 52.9 Å². The van der Waals surface area contributed by atoms with Gasteiger partial charge in [-0.25, -0.2) is 4.79 Å². The summed E-state index contributed by atoms with van der Waals surface area (Å²) in [6.45, 7) is 13.0. The van der Waals surface area contributed by atoms with Crippen molar-refractivity contribution in [3.63, 3.8) is 0 Å². The molecule has 278 valence electrons. The fourth-order valence-electron chi connectivity index (χ4n) is 7.96. The Morgan fingerprint density at radius 2 is 1.35 bits per heavy atom. The molecule has 1 fully saturated rings. The summed E-state index contributed by atoms with van der Waals surface area (Å²) in [5.74, 6) is 0. The molecule has 1 N–H and O–H groups in total. The van der Waals surface area contributed by atoms with Crippen molar-refractivity contribution in [3.8, 4) is 0 Å². The van der Waals surface area contributed by atoms with Crippen molar-refractivity contribution in [2.75, 3.05) is 19.3 Å². The molecule has 4 aromatic rings. The van der Waals surface area contributed by atoms with Crippen molar-refractivity contribution >= 4 is 60.9 Å². The highest BCUT2D eigenvalue weighted by Gasteiger charge is 2.41. The highest BCUT2D eigenvalue weighted by molar-refractivity contribution is 7.74. The maximum Gasteiger partial charge on any atom is 0.317 e. The molecule has 1 saturated heterocycles. The van der Waals surface area contributed by atoms with Gasteiger partial charge in [0.1, 0.15) is 0 Å². The van der Waals surface area contributed by atoms with E-state index in [9.17, 15) is 4.79 Å². The third-order valence-electron chi connectivity index (χ3n) is 10.5. The minimum Gasteiger partial charge on any atom is -0.415 e. The summed E-state index contributed by atoms with van der Waals surface area (Å²) >= 11 is 0. The zero-order valence-electron chi connectivity index (χ0n) is 32.3. The standard InChI is InChI=1S/C44H62N2O2P2Si2/c1-6-43(29-19-32-52(4,5)48-36(2)3)51-31-20-30-45-44(47)46-34-42(50(40-25-15-9-16-26-40)41-27-17-10-18-28-41)33-37(46)35-49(38-21-11-7-12-22-38)39-23-13-8-14-24-39/h7-18,21-28,36-37,42-43H,6,19-20,29-35,51H2,1-5H3,(H,45,47)/t37-,42-,43?/m0/s1. The fraction of sp³-hybridized carbons (Fsp3) is 0.432. The molecular formula is C44H62N2O2P2Si2. The second kappa shape index (κ2) is 20.7. The number of hydrogen-bond acceptors (Lipinski definition) is 2. The van der Waals surface area contributed by atoms with Crippen LogP contribution in [0.3, 0.4) is 0 Å². The SMILES string of the molecule is CCC(CCC[Si](C)(C)OC(C)C)[SiH2]CCCNC(=O)N1C[C@@H](P(c2ccccc2)c2ccccc2)C[C@H]1CP(c1ccccc1)c1ccccc1. The average molecular weight is 769 g/mol. The van der Waals surface area contributed by atoms with E-state index in [-0.39, 0.29) is 21.6 Å². The normalized spacial score (nSPS) is 17.1. The molecule has 1 unspecified atom stereocenters. The fourth-order valence-corrected chi connectivity index (χ4v) is 18.0. The molecule has 3 atom stereocenters. The topological polar surface area (TPSA) is 41.6 Å². The molecule has 4 nitrogen and oxygen atoms in total. The van der Waals surface area contributed by atoms with E-state index < -0.39 is 24.2 Å². The minimum absolute atomic E-state index is 0.130. The summed E-state index contributed by atoms with van der Waals surface area (Å²) in [6.07, 6.45) is 7.37. The van der Waals surface area contributed by atoms with Crippen molar-refractivity contribution in [1.82, 2.24) is 10.2 Å². The van der Waals surface area contributed by atoms with Crippen LogP contribution in [0.5, 0.6) is 0 Å². The third-order valence-corrected chi connectivity index (χ3v) is 21.3. The van der Waals surface area contributed by atoms with E-state index >= 15 is 0 Å². The Morgan fingerprint density at radius 1 is 0.827 bits per heavy atom. The van der Waals surface area contributed by atoms with Gasteiger partial charge in [-0.1, -0.05) is 159 Å². The van der Waals surface area contributed by atoms with Crippen molar-refractivity contribution in [2.45, 2.75) is 101 Å². The molecule has 8 heteroatoms. The maximum atomic E-state index is 14.2. The molecular weight excluding hydrogens is 707 g/mol. The van der Waals surface area contributed by atoms with Gasteiger partial charge in [-0.05, 0) is 89.1 Å². The number of rotatable bonds is 19. The van der Waals surface area contributed by atoms with Crippen LogP contribution in [0.4, 0.5) is 4.79 Å². The zero-order valence-corrected chi connectivity index (χ0v) is 36.5. The van der Waals surface area contributed by atoms with Crippen LogP contribution < -0.4 is 26.5 Å². The number of likely N-dealkylation sites (tertiary alicyclic amines) is 1. The maximum absolute atomic E-state index is 14.2. The Morgan fingerprint density at radius 3 is 1.85 bits per heavy atom. The molecule has 0 aliphatic carbocycles. The molecule has 0 bridgehead atoms. The third kappa shape index (κ3) is 12.2. The number of amides is 2. The van der Waals surface area contributed by atoms with E-state index in [4.69, 9.17) is 4.43 Å². The van der Waals surface area contributed by atoms with E-state index in [0.717, 1.165) is 37.6 Å². The Labute approximate surface area is 321 Å². The zero-order chi connectivity index (χ0) is 36.8. The van der Waals surface area contributed by atoms with Crippen LogP contribution in [0.25, 0.3) is 0 Å². The summed E-state index contributed by atoms with van der Waals surface area (Å²) in [4.78, 5) is 16.5. The molecule has 52 heavy (non-hydrogen) atoms. The minimum atomic E-state index is -1.56. The second-order valence-electron chi connectivity index (χ2n) is 15.3. The lowest BCUT2D eigenvalue weighted by Crippen LogP contribution is -2.45. The highest BCUT2D eigenvalue weighted by Crippen LogP contribution is 2.48. The highest BCUT2D eigenvalue weighted by atomic mass is 31.1. The van der Waals surface area contributed by atoms with Crippen LogP contribution in [0.2, 0.25) is 30.7 Å². The first-order valence-electron chi connectivity index (χ1n) is 19.7. The summed E-state index contributed by atoms with van der Waals surface area (Å²) in [5, 5.41) is 9.00. The number of urea groups is 1. The van der Waals surface area contributed by atoms with Gasteiger partial charge in [0.2, 0.25) is 0 Å². The molecule has 4 aromatic carbocycles. The Bertz CT molecular complexity index is 1520. The first-order valence-corrected chi connectivity index (χ1v) is 27.6. The predicted octanol–water partition coefficient (Wildman–Crippen LogP) is 8.99. The summed E-state index contributed by atoms with van der Waals surface area (Å²) in [6, 6.07) is 47.0. The number of nitrogens with one attached hydrogen (secondary N) is 1. The molecule has 1 heterocycles. The quantitative estimate of drug-likeness (QED) is 0.0588. The van der Waals surface area contributed by atoms with E-state index in [1.54, 1.807) is 0 Å². The molecule has 1 aliphatic heterocycles. The number of carbonyl (C=O) groups excluding carboxylic acids is 1. The molecule has 0 spiro atoms.